The second-order valence-electron chi connectivity index (χ2n) is 7.01. The molecule has 1 atom stereocenters. The Morgan fingerprint density at radius 2 is 1.76 bits per heavy atom. The average Bonchev–Trinajstić information content (AvgIpc) is 3.16. The SMILES string of the molecule is Cc1cccc(O[C@H](C)C(=O)Nc2ccc(-c3nc4ccccc4s3)cc2)c1C. The number of carbonyl (C=O) groups excluding carboxylic acids is 1. The summed E-state index contributed by atoms with van der Waals surface area (Å²) in [6, 6.07) is 21.7. The van der Waals surface area contributed by atoms with Crippen LogP contribution in [-0.4, -0.2) is 17.0 Å². The third-order valence-corrected chi connectivity index (χ3v) is 6.01. The molecule has 0 spiro atoms. The second kappa shape index (κ2) is 8.05. The smallest absolute Gasteiger partial charge is 0.265 e. The molecule has 0 aliphatic carbocycles. The van der Waals surface area contributed by atoms with Crippen molar-refractivity contribution in [2.75, 3.05) is 5.32 Å². The first kappa shape index (κ1) is 19.2. The minimum atomic E-state index is -0.598. The van der Waals surface area contributed by atoms with Crippen LogP contribution >= 0.6 is 11.3 Å². The zero-order valence-corrected chi connectivity index (χ0v) is 17.4. The van der Waals surface area contributed by atoms with E-state index in [1.165, 1.54) is 0 Å². The zero-order valence-electron chi connectivity index (χ0n) is 16.6. The first-order chi connectivity index (χ1) is 14.0. The largest absolute Gasteiger partial charge is 0.481 e. The van der Waals surface area contributed by atoms with Crippen molar-refractivity contribution < 1.29 is 9.53 Å². The predicted molar refractivity (Wildman–Crippen MR) is 120 cm³/mol. The lowest BCUT2D eigenvalue weighted by atomic mass is 10.1. The Hall–Kier alpha value is -3.18. The number of fused-ring (bicyclic) bond motifs is 1. The molecule has 1 amide bonds. The molecule has 0 aliphatic heterocycles. The van der Waals surface area contributed by atoms with Crippen molar-refractivity contribution in [3.8, 4) is 16.3 Å². The molecule has 4 rings (SSSR count). The molecule has 29 heavy (non-hydrogen) atoms. The predicted octanol–water partition coefficient (Wildman–Crippen LogP) is 5.99. The number of nitrogens with one attached hydrogen (secondary N) is 1. The molecule has 0 saturated carbocycles. The molecule has 1 aromatic heterocycles. The van der Waals surface area contributed by atoms with Gasteiger partial charge in [0.2, 0.25) is 0 Å². The molecule has 4 nitrogen and oxygen atoms in total. The van der Waals surface area contributed by atoms with Crippen molar-refractivity contribution in [1.82, 2.24) is 4.98 Å². The summed E-state index contributed by atoms with van der Waals surface area (Å²) in [7, 11) is 0. The summed E-state index contributed by atoms with van der Waals surface area (Å²) in [6.07, 6.45) is -0.598. The molecular weight excluding hydrogens is 380 g/mol. The third kappa shape index (κ3) is 4.15. The highest BCUT2D eigenvalue weighted by molar-refractivity contribution is 7.21. The lowest BCUT2D eigenvalue weighted by Crippen LogP contribution is -2.30. The van der Waals surface area contributed by atoms with Crippen LogP contribution in [0.2, 0.25) is 0 Å². The van der Waals surface area contributed by atoms with Gasteiger partial charge < -0.3 is 10.1 Å². The molecule has 0 radical (unpaired) electrons. The van der Waals surface area contributed by atoms with Crippen LogP contribution in [0.3, 0.4) is 0 Å². The van der Waals surface area contributed by atoms with Gasteiger partial charge in [0.15, 0.2) is 6.10 Å². The monoisotopic (exact) mass is 402 g/mol. The molecule has 5 heteroatoms. The maximum atomic E-state index is 12.5. The Morgan fingerprint density at radius 3 is 2.52 bits per heavy atom. The van der Waals surface area contributed by atoms with Gasteiger partial charge in [-0.25, -0.2) is 4.98 Å². The van der Waals surface area contributed by atoms with E-state index in [1.54, 1.807) is 18.3 Å². The molecule has 0 unspecified atom stereocenters. The van der Waals surface area contributed by atoms with Crippen LogP contribution in [0.25, 0.3) is 20.8 Å². The molecule has 0 bridgehead atoms. The topological polar surface area (TPSA) is 51.2 Å². The van der Waals surface area contributed by atoms with Gasteiger partial charge in [0, 0.05) is 11.3 Å². The Kier molecular flexibility index (Phi) is 5.32. The fraction of sp³-hybridized carbons (Fsp3) is 0.167. The fourth-order valence-electron chi connectivity index (χ4n) is 3.03. The van der Waals surface area contributed by atoms with Crippen LogP contribution < -0.4 is 10.1 Å². The van der Waals surface area contributed by atoms with E-state index in [1.807, 2.05) is 74.5 Å². The first-order valence-corrected chi connectivity index (χ1v) is 10.3. The first-order valence-electron chi connectivity index (χ1n) is 9.51. The van der Waals surface area contributed by atoms with Gasteiger partial charge in [0.25, 0.3) is 5.91 Å². The number of nitrogens with zero attached hydrogens (tertiary/aromatic N) is 1. The van der Waals surface area contributed by atoms with Crippen molar-refractivity contribution in [1.29, 1.82) is 0 Å². The summed E-state index contributed by atoms with van der Waals surface area (Å²) in [5.74, 6) is 0.553. The van der Waals surface area contributed by atoms with Gasteiger partial charge >= 0.3 is 0 Å². The number of benzene rings is 3. The molecule has 1 heterocycles. The van der Waals surface area contributed by atoms with Crippen LogP contribution in [0.4, 0.5) is 5.69 Å². The fourth-order valence-corrected chi connectivity index (χ4v) is 4.00. The van der Waals surface area contributed by atoms with E-state index in [0.717, 1.165) is 43.4 Å². The summed E-state index contributed by atoms with van der Waals surface area (Å²) < 4.78 is 7.03. The van der Waals surface area contributed by atoms with Gasteiger partial charge in [-0.2, -0.15) is 0 Å². The number of para-hydroxylation sites is 1. The Bertz CT molecular complexity index is 1130. The molecule has 3 aromatic carbocycles. The van der Waals surface area contributed by atoms with E-state index >= 15 is 0 Å². The Labute approximate surface area is 174 Å². The minimum absolute atomic E-state index is 0.182. The standard InChI is InChI=1S/C24H22N2O2S/c1-15-7-6-9-21(16(15)2)28-17(3)23(27)25-19-13-11-18(12-14-19)24-26-20-8-4-5-10-22(20)29-24/h4-14,17H,1-3H3,(H,25,27)/t17-/m1/s1. The number of ether oxygens (including phenoxy) is 1. The van der Waals surface area contributed by atoms with Gasteiger partial charge in [-0.3, -0.25) is 4.79 Å². The van der Waals surface area contributed by atoms with Crippen LogP contribution in [0.1, 0.15) is 18.1 Å². The van der Waals surface area contributed by atoms with Crippen LogP contribution in [0, 0.1) is 13.8 Å². The molecule has 0 fully saturated rings. The van der Waals surface area contributed by atoms with Gasteiger partial charge in [-0.1, -0.05) is 24.3 Å². The van der Waals surface area contributed by atoms with Crippen molar-refractivity contribution in [2.45, 2.75) is 26.9 Å². The maximum Gasteiger partial charge on any atom is 0.265 e. The Balaban J connectivity index is 1.44. The lowest BCUT2D eigenvalue weighted by Gasteiger charge is -2.17. The lowest BCUT2D eigenvalue weighted by molar-refractivity contribution is -0.122. The zero-order chi connectivity index (χ0) is 20.4. The molecule has 0 aliphatic rings. The summed E-state index contributed by atoms with van der Waals surface area (Å²) in [6.45, 7) is 5.78. The number of thiazole rings is 1. The summed E-state index contributed by atoms with van der Waals surface area (Å²) in [4.78, 5) is 17.2. The van der Waals surface area contributed by atoms with E-state index in [2.05, 4.69) is 16.4 Å². The van der Waals surface area contributed by atoms with E-state index in [4.69, 9.17) is 4.74 Å². The number of amides is 1. The number of rotatable bonds is 5. The summed E-state index contributed by atoms with van der Waals surface area (Å²) in [5, 5.41) is 3.89. The molecule has 0 saturated heterocycles. The molecular formula is C24H22N2O2S. The number of aromatic nitrogens is 1. The van der Waals surface area contributed by atoms with Crippen LogP contribution in [0.15, 0.2) is 66.7 Å². The molecule has 4 aromatic rings. The number of aryl methyl sites for hydroxylation is 1. The van der Waals surface area contributed by atoms with Crippen molar-refractivity contribution >= 4 is 33.1 Å². The summed E-state index contributed by atoms with van der Waals surface area (Å²) >= 11 is 1.66. The minimum Gasteiger partial charge on any atom is -0.481 e. The average molecular weight is 403 g/mol. The van der Waals surface area contributed by atoms with Gasteiger partial charge in [0.1, 0.15) is 10.8 Å². The highest BCUT2D eigenvalue weighted by atomic mass is 32.1. The van der Waals surface area contributed by atoms with Gasteiger partial charge in [-0.05, 0) is 74.4 Å². The third-order valence-electron chi connectivity index (χ3n) is 4.92. The molecule has 146 valence electrons. The number of hydrogen-bond donors (Lipinski definition) is 1. The Morgan fingerprint density at radius 1 is 1.00 bits per heavy atom. The van der Waals surface area contributed by atoms with Crippen molar-refractivity contribution in [3.05, 3.63) is 77.9 Å². The van der Waals surface area contributed by atoms with Crippen LogP contribution in [0.5, 0.6) is 5.75 Å². The van der Waals surface area contributed by atoms with Crippen LogP contribution in [-0.2, 0) is 4.79 Å². The van der Waals surface area contributed by atoms with E-state index in [0.29, 0.717) is 0 Å². The van der Waals surface area contributed by atoms with E-state index in [9.17, 15) is 4.79 Å². The van der Waals surface area contributed by atoms with E-state index < -0.39 is 6.10 Å². The van der Waals surface area contributed by atoms with Crippen molar-refractivity contribution in [2.24, 2.45) is 0 Å². The second-order valence-corrected chi connectivity index (χ2v) is 8.04. The maximum absolute atomic E-state index is 12.5. The van der Waals surface area contributed by atoms with Crippen molar-refractivity contribution in [3.63, 3.8) is 0 Å². The van der Waals surface area contributed by atoms with Gasteiger partial charge in [-0.15, -0.1) is 11.3 Å². The number of hydrogen-bond acceptors (Lipinski definition) is 4. The highest BCUT2D eigenvalue weighted by Crippen LogP contribution is 2.30. The highest BCUT2D eigenvalue weighted by Gasteiger charge is 2.16. The summed E-state index contributed by atoms with van der Waals surface area (Å²) in [5.41, 5.74) is 4.95. The number of anilines is 1. The van der Waals surface area contributed by atoms with E-state index in [-0.39, 0.29) is 5.91 Å². The number of carbonyl (C=O) groups is 1. The normalized spacial score (nSPS) is 12.0. The molecule has 1 N–H and O–H groups in total. The van der Waals surface area contributed by atoms with Gasteiger partial charge in [0.05, 0.1) is 10.2 Å². The quantitative estimate of drug-likeness (QED) is 0.446.